The lowest BCUT2D eigenvalue weighted by Crippen LogP contribution is -2.17. The molecule has 0 fully saturated rings. The summed E-state index contributed by atoms with van der Waals surface area (Å²) in [7, 11) is 0. The third kappa shape index (κ3) is 4.23. The van der Waals surface area contributed by atoms with Crippen LogP contribution < -0.4 is 5.73 Å². The van der Waals surface area contributed by atoms with E-state index in [1.165, 1.54) is 23.9 Å². The van der Waals surface area contributed by atoms with Crippen LogP contribution in [0.1, 0.15) is 12.5 Å². The molecule has 1 atom stereocenters. The predicted molar refractivity (Wildman–Crippen MR) is 79.3 cm³/mol. The lowest BCUT2D eigenvalue weighted by Gasteiger charge is -2.09. The zero-order chi connectivity index (χ0) is 13.8. The Hall–Kier alpha value is -1.03. The summed E-state index contributed by atoms with van der Waals surface area (Å²) in [4.78, 5) is 1.85. The van der Waals surface area contributed by atoms with Gasteiger partial charge >= 0.3 is 0 Å². The van der Waals surface area contributed by atoms with Crippen LogP contribution >= 0.6 is 23.4 Å². The van der Waals surface area contributed by atoms with Gasteiger partial charge in [-0.2, -0.15) is 0 Å². The monoisotopic (exact) mass is 295 g/mol. The molecule has 0 saturated heterocycles. The van der Waals surface area contributed by atoms with E-state index in [1.807, 2.05) is 31.2 Å². The van der Waals surface area contributed by atoms with Crippen molar-refractivity contribution in [1.82, 2.24) is 0 Å². The third-order valence-corrected chi connectivity index (χ3v) is 3.93. The summed E-state index contributed by atoms with van der Waals surface area (Å²) in [6.45, 7) is 1.95. The van der Waals surface area contributed by atoms with Crippen molar-refractivity contribution in [2.75, 3.05) is 0 Å². The Morgan fingerprint density at radius 2 is 1.95 bits per heavy atom. The van der Waals surface area contributed by atoms with Gasteiger partial charge in [0.15, 0.2) is 0 Å². The van der Waals surface area contributed by atoms with Gasteiger partial charge < -0.3 is 5.73 Å². The van der Waals surface area contributed by atoms with Crippen molar-refractivity contribution < 1.29 is 4.39 Å². The minimum Gasteiger partial charge on any atom is -0.328 e. The number of nitrogens with two attached hydrogens (primary N) is 1. The summed E-state index contributed by atoms with van der Waals surface area (Å²) in [6.07, 6.45) is 0.754. The smallest absolute Gasteiger partial charge is 0.124 e. The second kappa shape index (κ2) is 6.42. The molecular formula is C15H15ClFNS. The van der Waals surface area contributed by atoms with E-state index in [2.05, 4.69) is 0 Å². The van der Waals surface area contributed by atoms with E-state index >= 15 is 0 Å². The quantitative estimate of drug-likeness (QED) is 0.897. The SMILES string of the molecule is CC(N)Cc1ccc(Sc2cccc(F)c2)cc1Cl. The fraction of sp³-hybridized carbons (Fsp3) is 0.200. The second-order valence-corrected chi connectivity index (χ2v) is 6.05. The highest BCUT2D eigenvalue weighted by Crippen LogP contribution is 2.31. The van der Waals surface area contributed by atoms with Crippen molar-refractivity contribution in [3.63, 3.8) is 0 Å². The van der Waals surface area contributed by atoms with Crippen molar-refractivity contribution in [1.29, 1.82) is 0 Å². The maximum absolute atomic E-state index is 13.1. The molecule has 0 aliphatic heterocycles. The molecule has 0 radical (unpaired) electrons. The van der Waals surface area contributed by atoms with Crippen LogP contribution in [0.15, 0.2) is 52.3 Å². The van der Waals surface area contributed by atoms with E-state index in [0.29, 0.717) is 5.02 Å². The molecule has 1 unspecified atom stereocenters. The molecule has 1 nitrogen and oxygen atoms in total. The molecule has 0 aliphatic rings. The topological polar surface area (TPSA) is 26.0 Å². The maximum Gasteiger partial charge on any atom is 0.124 e. The van der Waals surface area contributed by atoms with Crippen molar-refractivity contribution >= 4 is 23.4 Å². The summed E-state index contributed by atoms with van der Waals surface area (Å²) in [5.41, 5.74) is 6.81. The van der Waals surface area contributed by atoms with Gasteiger partial charge in [0.05, 0.1) is 0 Å². The first-order valence-electron chi connectivity index (χ1n) is 6.02. The van der Waals surface area contributed by atoms with Gasteiger partial charge in [0.1, 0.15) is 5.82 Å². The predicted octanol–water partition coefficient (Wildman–Crippen LogP) is 4.52. The minimum atomic E-state index is -0.232. The van der Waals surface area contributed by atoms with E-state index in [1.54, 1.807) is 6.07 Å². The van der Waals surface area contributed by atoms with Crippen molar-refractivity contribution in [3.8, 4) is 0 Å². The van der Waals surface area contributed by atoms with Gasteiger partial charge in [-0.3, -0.25) is 0 Å². The summed E-state index contributed by atoms with van der Waals surface area (Å²) in [6, 6.07) is 12.5. The normalized spacial score (nSPS) is 12.4. The molecule has 2 aromatic rings. The van der Waals surface area contributed by atoms with Crippen LogP contribution in [0, 0.1) is 5.82 Å². The highest BCUT2D eigenvalue weighted by atomic mass is 35.5. The van der Waals surface area contributed by atoms with Gasteiger partial charge in [0.2, 0.25) is 0 Å². The molecule has 0 spiro atoms. The molecule has 2 rings (SSSR count). The number of halogens is 2. The molecule has 0 aromatic heterocycles. The third-order valence-electron chi connectivity index (χ3n) is 2.60. The molecule has 0 amide bonds. The Morgan fingerprint density at radius 3 is 2.58 bits per heavy atom. The Kier molecular flexibility index (Phi) is 4.86. The van der Waals surface area contributed by atoms with Gasteiger partial charge in [0.25, 0.3) is 0 Å². The van der Waals surface area contributed by atoms with Crippen LogP contribution in [-0.2, 0) is 6.42 Å². The molecule has 0 heterocycles. The summed E-state index contributed by atoms with van der Waals surface area (Å²) in [5.74, 6) is -0.232. The molecule has 19 heavy (non-hydrogen) atoms. The number of hydrogen-bond acceptors (Lipinski definition) is 2. The van der Waals surface area contributed by atoms with Gasteiger partial charge in [-0.1, -0.05) is 35.5 Å². The summed E-state index contributed by atoms with van der Waals surface area (Å²) < 4.78 is 13.1. The highest BCUT2D eigenvalue weighted by Gasteiger charge is 2.06. The lowest BCUT2D eigenvalue weighted by atomic mass is 10.1. The standard InChI is InChI=1S/C15H15ClFNS/c1-10(18)7-11-5-6-14(9-15(11)16)19-13-4-2-3-12(17)8-13/h2-6,8-10H,7,18H2,1H3. The molecule has 4 heteroatoms. The van der Waals surface area contributed by atoms with E-state index in [-0.39, 0.29) is 11.9 Å². The summed E-state index contributed by atoms with van der Waals surface area (Å²) >= 11 is 7.72. The van der Waals surface area contributed by atoms with Crippen LogP contribution in [0.25, 0.3) is 0 Å². The lowest BCUT2D eigenvalue weighted by molar-refractivity contribution is 0.624. The van der Waals surface area contributed by atoms with Gasteiger partial charge in [-0.05, 0) is 49.2 Å². The zero-order valence-corrected chi connectivity index (χ0v) is 12.1. The first kappa shape index (κ1) is 14.4. The Balaban J connectivity index is 2.16. The fourth-order valence-corrected chi connectivity index (χ4v) is 3.00. The number of hydrogen-bond donors (Lipinski definition) is 1. The average Bonchev–Trinajstić information content (AvgIpc) is 2.32. The van der Waals surface area contributed by atoms with Crippen LogP contribution in [0.2, 0.25) is 5.02 Å². The molecule has 0 aliphatic carbocycles. The summed E-state index contributed by atoms with van der Waals surface area (Å²) in [5, 5.41) is 0.707. The van der Waals surface area contributed by atoms with Crippen LogP contribution in [0.3, 0.4) is 0 Å². The van der Waals surface area contributed by atoms with Crippen LogP contribution in [-0.4, -0.2) is 6.04 Å². The van der Waals surface area contributed by atoms with E-state index in [9.17, 15) is 4.39 Å². The van der Waals surface area contributed by atoms with E-state index < -0.39 is 0 Å². The largest absolute Gasteiger partial charge is 0.328 e. The zero-order valence-electron chi connectivity index (χ0n) is 10.6. The van der Waals surface area contributed by atoms with E-state index in [0.717, 1.165) is 21.8 Å². The highest BCUT2D eigenvalue weighted by molar-refractivity contribution is 7.99. The Morgan fingerprint density at radius 1 is 1.21 bits per heavy atom. The van der Waals surface area contributed by atoms with Crippen LogP contribution in [0.4, 0.5) is 4.39 Å². The number of benzene rings is 2. The van der Waals surface area contributed by atoms with Crippen molar-refractivity contribution in [3.05, 3.63) is 58.9 Å². The van der Waals surface area contributed by atoms with Crippen LogP contribution in [0.5, 0.6) is 0 Å². The maximum atomic E-state index is 13.1. The second-order valence-electron chi connectivity index (χ2n) is 4.49. The van der Waals surface area contributed by atoms with E-state index in [4.69, 9.17) is 17.3 Å². The van der Waals surface area contributed by atoms with Gasteiger partial charge in [-0.15, -0.1) is 0 Å². The molecule has 0 bridgehead atoms. The minimum absolute atomic E-state index is 0.0826. The molecule has 0 saturated carbocycles. The molecule has 100 valence electrons. The molecule has 2 N–H and O–H groups in total. The van der Waals surface area contributed by atoms with Gasteiger partial charge in [0, 0.05) is 20.9 Å². The van der Waals surface area contributed by atoms with Crippen molar-refractivity contribution in [2.24, 2.45) is 5.73 Å². The average molecular weight is 296 g/mol. The Labute approximate surface area is 122 Å². The molecular weight excluding hydrogens is 281 g/mol. The fourth-order valence-electron chi connectivity index (χ4n) is 1.77. The van der Waals surface area contributed by atoms with Gasteiger partial charge in [-0.25, -0.2) is 4.39 Å². The Bertz CT molecular complexity index is 572. The molecule has 2 aromatic carbocycles. The first-order chi connectivity index (χ1) is 9.04. The number of rotatable bonds is 4. The first-order valence-corrected chi connectivity index (χ1v) is 7.21. The van der Waals surface area contributed by atoms with Crippen molar-refractivity contribution in [2.45, 2.75) is 29.2 Å².